The third-order valence-corrected chi connectivity index (χ3v) is 4.02. The van der Waals surface area contributed by atoms with Crippen LogP contribution in [0.2, 0.25) is 0 Å². The molecule has 3 nitrogen and oxygen atoms in total. The maximum Gasteiger partial charge on any atom is 0.104 e. The summed E-state index contributed by atoms with van der Waals surface area (Å²) in [4.78, 5) is 7.76. The van der Waals surface area contributed by atoms with Crippen molar-refractivity contribution in [2.75, 3.05) is 0 Å². The van der Waals surface area contributed by atoms with E-state index in [2.05, 4.69) is 47.2 Å². The second-order valence-electron chi connectivity index (χ2n) is 5.90. The summed E-state index contributed by atoms with van der Waals surface area (Å²) in [7, 11) is 0. The van der Waals surface area contributed by atoms with E-state index in [4.69, 9.17) is 0 Å². The summed E-state index contributed by atoms with van der Waals surface area (Å²) in [5, 5.41) is 10.1. The molecule has 3 aromatic rings. The zero-order valence-electron chi connectivity index (χ0n) is 13.4. The molecule has 0 aliphatic rings. The summed E-state index contributed by atoms with van der Waals surface area (Å²) in [6, 6.07) is 12.6. The first-order chi connectivity index (χ1) is 10.6. The number of benzene rings is 2. The quantitative estimate of drug-likeness (QED) is 0.742. The van der Waals surface area contributed by atoms with Crippen LogP contribution in [0.15, 0.2) is 36.4 Å². The minimum atomic E-state index is -0.484. The highest BCUT2D eigenvalue weighted by atomic mass is 16.3. The van der Waals surface area contributed by atoms with Gasteiger partial charge in [-0.1, -0.05) is 37.6 Å². The van der Waals surface area contributed by atoms with Gasteiger partial charge >= 0.3 is 0 Å². The molecule has 3 rings (SSSR count). The van der Waals surface area contributed by atoms with Gasteiger partial charge in [0.1, 0.15) is 5.82 Å². The SMILES string of the molecule is CCCc1ccc(C(C)O)c(-c2ccc3[nH]c(C)nc3c2)c1. The zero-order chi connectivity index (χ0) is 15.7. The van der Waals surface area contributed by atoms with E-state index >= 15 is 0 Å². The van der Waals surface area contributed by atoms with Crippen LogP contribution in [0.5, 0.6) is 0 Å². The van der Waals surface area contributed by atoms with Crippen molar-refractivity contribution in [3.05, 3.63) is 53.3 Å². The summed E-state index contributed by atoms with van der Waals surface area (Å²) >= 11 is 0. The van der Waals surface area contributed by atoms with Gasteiger partial charge in [-0.05, 0) is 54.7 Å². The van der Waals surface area contributed by atoms with Gasteiger partial charge < -0.3 is 10.1 Å². The summed E-state index contributed by atoms with van der Waals surface area (Å²) < 4.78 is 0. The third kappa shape index (κ3) is 2.77. The van der Waals surface area contributed by atoms with Gasteiger partial charge in [-0.15, -0.1) is 0 Å². The number of H-pyrrole nitrogens is 1. The van der Waals surface area contributed by atoms with Crippen LogP contribution >= 0.6 is 0 Å². The molecule has 0 amide bonds. The third-order valence-electron chi connectivity index (χ3n) is 4.02. The lowest BCUT2D eigenvalue weighted by Crippen LogP contribution is -1.97. The number of nitrogens with zero attached hydrogens (tertiary/aromatic N) is 1. The van der Waals surface area contributed by atoms with Crippen LogP contribution in [0.1, 0.15) is 43.3 Å². The van der Waals surface area contributed by atoms with Gasteiger partial charge in [0.25, 0.3) is 0 Å². The standard InChI is InChI=1S/C19H22N2O/c1-4-5-14-6-8-16(12(2)22)17(10-14)15-7-9-18-19(11-15)21-13(3)20-18/h6-12,22H,4-5H2,1-3H3,(H,20,21). The van der Waals surface area contributed by atoms with Crippen LogP contribution in [-0.4, -0.2) is 15.1 Å². The van der Waals surface area contributed by atoms with Gasteiger partial charge in [0.2, 0.25) is 0 Å². The highest BCUT2D eigenvalue weighted by Gasteiger charge is 2.12. The smallest absolute Gasteiger partial charge is 0.104 e. The van der Waals surface area contributed by atoms with Crippen LogP contribution in [0.4, 0.5) is 0 Å². The van der Waals surface area contributed by atoms with Gasteiger partial charge in [-0.3, -0.25) is 0 Å². The van der Waals surface area contributed by atoms with E-state index in [0.717, 1.165) is 46.4 Å². The monoisotopic (exact) mass is 294 g/mol. The Kier molecular flexibility index (Phi) is 3.99. The number of aromatic nitrogens is 2. The molecule has 0 aliphatic carbocycles. The van der Waals surface area contributed by atoms with E-state index in [1.165, 1.54) is 5.56 Å². The average Bonchev–Trinajstić information content (AvgIpc) is 2.86. The summed E-state index contributed by atoms with van der Waals surface area (Å²) in [5.74, 6) is 0.919. The van der Waals surface area contributed by atoms with E-state index in [9.17, 15) is 5.11 Å². The molecule has 114 valence electrons. The predicted octanol–water partition coefficient (Wildman–Crippen LogP) is 4.54. The van der Waals surface area contributed by atoms with Gasteiger partial charge in [0.05, 0.1) is 17.1 Å². The van der Waals surface area contributed by atoms with Crippen molar-refractivity contribution in [1.29, 1.82) is 0 Å². The molecule has 0 fully saturated rings. The first-order valence-electron chi connectivity index (χ1n) is 7.86. The van der Waals surface area contributed by atoms with E-state index in [1.54, 1.807) is 0 Å². The van der Waals surface area contributed by atoms with E-state index in [0.29, 0.717) is 0 Å². The molecular formula is C19H22N2O. The Bertz CT molecular complexity index is 802. The molecule has 0 bridgehead atoms. The van der Waals surface area contributed by atoms with Crippen LogP contribution in [0.3, 0.4) is 0 Å². The number of aliphatic hydroxyl groups excluding tert-OH is 1. The lowest BCUT2D eigenvalue weighted by molar-refractivity contribution is 0.200. The molecule has 1 heterocycles. The summed E-state index contributed by atoms with van der Waals surface area (Å²) in [6.45, 7) is 5.96. The Balaban J connectivity index is 2.15. The van der Waals surface area contributed by atoms with Crippen LogP contribution in [0, 0.1) is 6.92 Å². The van der Waals surface area contributed by atoms with Crippen LogP contribution in [0.25, 0.3) is 22.2 Å². The molecule has 0 aliphatic heterocycles. The number of aromatic amines is 1. The minimum Gasteiger partial charge on any atom is -0.389 e. The average molecular weight is 294 g/mol. The first kappa shape index (κ1) is 14.8. The zero-order valence-corrected chi connectivity index (χ0v) is 13.4. The number of aryl methyl sites for hydroxylation is 2. The second kappa shape index (κ2) is 5.93. The Hall–Kier alpha value is -2.13. The lowest BCUT2D eigenvalue weighted by atomic mass is 9.93. The van der Waals surface area contributed by atoms with Crippen LogP contribution in [-0.2, 0) is 6.42 Å². The highest BCUT2D eigenvalue weighted by Crippen LogP contribution is 2.31. The van der Waals surface area contributed by atoms with Crippen molar-refractivity contribution in [1.82, 2.24) is 9.97 Å². The maximum absolute atomic E-state index is 10.1. The van der Waals surface area contributed by atoms with Crippen molar-refractivity contribution in [2.24, 2.45) is 0 Å². The minimum absolute atomic E-state index is 0.484. The molecular weight excluding hydrogens is 272 g/mol. The van der Waals surface area contributed by atoms with Crippen molar-refractivity contribution in [3.8, 4) is 11.1 Å². The molecule has 0 saturated carbocycles. The molecule has 2 aromatic carbocycles. The Morgan fingerprint density at radius 1 is 1.18 bits per heavy atom. The van der Waals surface area contributed by atoms with Crippen LogP contribution < -0.4 is 0 Å². The fourth-order valence-electron chi connectivity index (χ4n) is 2.96. The highest BCUT2D eigenvalue weighted by molar-refractivity contribution is 5.83. The number of imidazole rings is 1. The van der Waals surface area contributed by atoms with Crippen molar-refractivity contribution in [2.45, 2.75) is 39.7 Å². The largest absolute Gasteiger partial charge is 0.389 e. The van der Waals surface area contributed by atoms with Crippen molar-refractivity contribution < 1.29 is 5.11 Å². The fourth-order valence-corrected chi connectivity index (χ4v) is 2.96. The number of hydrogen-bond acceptors (Lipinski definition) is 2. The van der Waals surface area contributed by atoms with E-state index < -0.39 is 6.10 Å². The molecule has 3 heteroatoms. The molecule has 1 aromatic heterocycles. The first-order valence-corrected chi connectivity index (χ1v) is 7.86. The Morgan fingerprint density at radius 3 is 2.73 bits per heavy atom. The molecule has 22 heavy (non-hydrogen) atoms. The molecule has 0 spiro atoms. The fraction of sp³-hybridized carbons (Fsp3) is 0.316. The number of aliphatic hydroxyl groups is 1. The maximum atomic E-state index is 10.1. The Labute approximate surface area is 131 Å². The predicted molar refractivity (Wildman–Crippen MR) is 90.9 cm³/mol. The number of hydrogen-bond donors (Lipinski definition) is 2. The van der Waals surface area contributed by atoms with E-state index in [1.807, 2.05) is 19.9 Å². The number of rotatable bonds is 4. The normalized spacial score (nSPS) is 12.7. The molecule has 0 saturated heterocycles. The summed E-state index contributed by atoms with van der Waals surface area (Å²) in [5.41, 5.74) is 6.49. The summed E-state index contributed by atoms with van der Waals surface area (Å²) in [6.07, 6.45) is 1.68. The number of nitrogens with one attached hydrogen (secondary N) is 1. The molecule has 1 unspecified atom stereocenters. The molecule has 2 N–H and O–H groups in total. The van der Waals surface area contributed by atoms with Crippen molar-refractivity contribution in [3.63, 3.8) is 0 Å². The Morgan fingerprint density at radius 2 is 2.00 bits per heavy atom. The van der Waals surface area contributed by atoms with Crippen molar-refractivity contribution >= 4 is 11.0 Å². The van der Waals surface area contributed by atoms with Gasteiger partial charge in [-0.25, -0.2) is 4.98 Å². The second-order valence-corrected chi connectivity index (χ2v) is 5.90. The van der Waals surface area contributed by atoms with Gasteiger partial charge in [-0.2, -0.15) is 0 Å². The molecule has 1 atom stereocenters. The topological polar surface area (TPSA) is 48.9 Å². The molecule has 0 radical (unpaired) electrons. The van der Waals surface area contributed by atoms with E-state index in [-0.39, 0.29) is 0 Å². The van der Waals surface area contributed by atoms with Gasteiger partial charge in [0.15, 0.2) is 0 Å². The number of fused-ring (bicyclic) bond motifs is 1. The lowest BCUT2D eigenvalue weighted by Gasteiger charge is -2.14. The van der Waals surface area contributed by atoms with Gasteiger partial charge in [0, 0.05) is 0 Å².